The Morgan fingerprint density at radius 1 is 1.03 bits per heavy atom. The van der Waals surface area contributed by atoms with Crippen LogP contribution in [0, 0.1) is 0 Å². The molecular weight excluding hydrogens is 362 g/mol. The van der Waals surface area contributed by atoms with Crippen LogP contribution in [0.5, 0.6) is 0 Å². The molecule has 2 fully saturated rings. The molecule has 29 heavy (non-hydrogen) atoms. The van der Waals surface area contributed by atoms with Crippen LogP contribution in [-0.2, 0) is 0 Å². The minimum absolute atomic E-state index is 0.550. The van der Waals surface area contributed by atoms with Gasteiger partial charge in [0.25, 0.3) is 0 Å². The van der Waals surface area contributed by atoms with Crippen molar-refractivity contribution < 1.29 is 0 Å². The maximum absolute atomic E-state index is 4.89. The van der Waals surface area contributed by atoms with Gasteiger partial charge in [-0.25, -0.2) is 9.97 Å². The first-order valence-corrected chi connectivity index (χ1v) is 10.3. The molecule has 0 radical (unpaired) electrons. The molecule has 150 valence electrons. The Morgan fingerprint density at radius 2 is 1.86 bits per heavy atom. The van der Waals surface area contributed by atoms with Crippen LogP contribution in [-0.4, -0.2) is 58.3 Å². The highest BCUT2D eigenvalue weighted by Crippen LogP contribution is 2.39. The van der Waals surface area contributed by atoms with Crippen LogP contribution < -0.4 is 10.2 Å². The van der Waals surface area contributed by atoms with Crippen LogP contribution in [0.4, 0.5) is 17.5 Å². The van der Waals surface area contributed by atoms with Crippen molar-refractivity contribution in [1.29, 1.82) is 0 Å². The Bertz CT molecular complexity index is 978. The van der Waals surface area contributed by atoms with Gasteiger partial charge < -0.3 is 15.1 Å². The highest BCUT2D eigenvalue weighted by Gasteiger charge is 2.27. The highest BCUT2D eigenvalue weighted by molar-refractivity contribution is 5.64. The van der Waals surface area contributed by atoms with Gasteiger partial charge in [-0.2, -0.15) is 5.10 Å². The molecule has 1 aliphatic heterocycles. The van der Waals surface area contributed by atoms with Crippen LogP contribution >= 0.6 is 0 Å². The number of hydrogen-bond acceptors (Lipinski definition) is 6. The molecule has 1 aliphatic carbocycles. The molecule has 0 spiro atoms. The summed E-state index contributed by atoms with van der Waals surface area (Å²) in [5.74, 6) is 3.92. The van der Waals surface area contributed by atoms with E-state index in [0.717, 1.165) is 48.4 Å². The number of likely N-dealkylation sites (N-methyl/N-ethyl adjacent to an activating group) is 1. The monoisotopic (exact) mass is 389 g/mol. The van der Waals surface area contributed by atoms with Crippen molar-refractivity contribution in [1.82, 2.24) is 25.1 Å². The van der Waals surface area contributed by atoms with Gasteiger partial charge in [-0.05, 0) is 33.4 Å². The summed E-state index contributed by atoms with van der Waals surface area (Å²) in [6, 6.07) is 14.8. The number of benzene rings is 1. The first-order valence-electron chi connectivity index (χ1n) is 10.3. The molecule has 1 saturated heterocycles. The third kappa shape index (κ3) is 3.96. The average Bonchev–Trinajstić information content (AvgIpc) is 3.27. The summed E-state index contributed by atoms with van der Waals surface area (Å²) in [4.78, 5) is 14.3. The minimum Gasteiger partial charge on any atom is -0.355 e. The third-order valence-corrected chi connectivity index (χ3v) is 5.83. The fourth-order valence-corrected chi connectivity index (χ4v) is 3.88. The molecule has 3 heterocycles. The van der Waals surface area contributed by atoms with E-state index in [0.29, 0.717) is 12.0 Å². The molecule has 7 heteroatoms. The zero-order valence-corrected chi connectivity index (χ0v) is 17.0. The largest absolute Gasteiger partial charge is 0.355 e. The SMILES string of the molecule is CN(C)[C@@H]1CCN(c2cc(Nc3cc(C4CC4)[nH]n3)nc(-c3ccccc3)n2)C1. The lowest BCUT2D eigenvalue weighted by Gasteiger charge is -2.22. The Hall–Kier alpha value is -2.93. The van der Waals surface area contributed by atoms with Crippen LogP contribution in [0.25, 0.3) is 11.4 Å². The molecule has 2 aliphatic rings. The number of rotatable bonds is 6. The summed E-state index contributed by atoms with van der Waals surface area (Å²) in [5, 5.41) is 11.0. The number of nitrogens with one attached hydrogen (secondary N) is 2. The number of H-pyrrole nitrogens is 1. The summed E-state index contributed by atoms with van der Waals surface area (Å²) in [7, 11) is 4.29. The van der Waals surface area contributed by atoms with E-state index in [1.165, 1.54) is 18.5 Å². The van der Waals surface area contributed by atoms with Gasteiger partial charge in [0, 0.05) is 48.4 Å². The smallest absolute Gasteiger partial charge is 0.163 e. The van der Waals surface area contributed by atoms with E-state index in [1.807, 2.05) is 24.3 Å². The van der Waals surface area contributed by atoms with Crippen LogP contribution in [0.3, 0.4) is 0 Å². The van der Waals surface area contributed by atoms with Crippen molar-refractivity contribution in [2.24, 2.45) is 0 Å². The topological polar surface area (TPSA) is 73.0 Å². The van der Waals surface area contributed by atoms with Crippen LogP contribution in [0.1, 0.15) is 30.9 Å². The molecule has 5 rings (SSSR count). The van der Waals surface area contributed by atoms with Crippen molar-refractivity contribution >= 4 is 17.5 Å². The second-order valence-electron chi connectivity index (χ2n) is 8.26. The second kappa shape index (κ2) is 7.48. The lowest BCUT2D eigenvalue weighted by Crippen LogP contribution is -2.31. The fraction of sp³-hybridized carbons (Fsp3) is 0.409. The van der Waals surface area contributed by atoms with Crippen LogP contribution in [0.2, 0.25) is 0 Å². The normalized spacial score (nSPS) is 19.1. The molecule has 7 nitrogen and oxygen atoms in total. The van der Waals surface area contributed by atoms with E-state index >= 15 is 0 Å². The summed E-state index contributed by atoms with van der Waals surface area (Å²) >= 11 is 0. The molecule has 0 bridgehead atoms. The standard InChI is InChI=1S/C22H27N7/c1-28(2)17-10-11-29(14-17)21-13-19(23-20-12-18(26-27-20)15-8-9-15)24-22(25-21)16-6-4-3-5-7-16/h3-7,12-13,15,17H,8-11,14H2,1-2H3,(H2,23,24,25,26,27)/t17-/m1/s1. The predicted molar refractivity (Wildman–Crippen MR) is 116 cm³/mol. The van der Waals surface area contributed by atoms with E-state index in [1.54, 1.807) is 0 Å². The van der Waals surface area contributed by atoms with E-state index in [-0.39, 0.29) is 0 Å². The summed E-state index contributed by atoms with van der Waals surface area (Å²) in [6.07, 6.45) is 3.64. The summed E-state index contributed by atoms with van der Waals surface area (Å²) in [5.41, 5.74) is 2.22. The number of anilines is 3. The quantitative estimate of drug-likeness (QED) is 0.671. The number of aromatic amines is 1. The predicted octanol–water partition coefficient (Wildman–Crippen LogP) is 3.63. The van der Waals surface area contributed by atoms with Crippen molar-refractivity contribution in [3.05, 3.63) is 48.2 Å². The van der Waals surface area contributed by atoms with E-state index in [2.05, 4.69) is 57.6 Å². The first kappa shape index (κ1) is 18.1. The van der Waals surface area contributed by atoms with Gasteiger partial charge in [0.2, 0.25) is 0 Å². The van der Waals surface area contributed by atoms with Gasteiger partial charge in [-0.1, -0.05) is 30.3 Å². The molecule has 3 aromatic rings. The van der Waals surface area contributed by atoms with Crippen LogP contribution in [0.15, 0.2) is 42.5 Å². The molecule has 1 aromatic carbocycles. The van der Waals surface area contributed by atoms with Crippen molar-refractivity contribution in [2.45, 2.75) is 31.2 Å². The molecular formula is C22H27N7. The number of hydrogen-bond donors (Lipinski definition) is 2. The highest BCUT2D eigenvalue weighted by atomic mass is 15.3. The fourth-order valence-electron chi connectivity index (χ4n) is 3.88. The molecule has 1 saturated carbocycles. The molecule has 2 N–H and O–H groups in total. The van der Waals surface area contributed by atoms with E-state index < -0.39 is 0 Å². The van der Waals surface area contributed by atoms with Gasteiger partial charge >= 0.3 is 0 Å². The number of aromatic nitrogens is 4. The van der Waals surface area contributed by atoms with E-state index in [9.17, 15) is 0 Å². The maximum atomic E-state index is 4.89. The minimum atomic E-state index is 0.550. The van der Waals surface area contributed by atoms with Crippen molar-refractivity contribution in [3.63, 3.8) is 0 Å². The Kier molecular flexibility index (Phi) is 4.67. The second-order valence-corrected chi connectivity index (χ2v) is 8.26. The Balaban J connectivity index is 1.46. The van der Waals surface area contributed by atoms with Gasteiger partial charge in [0.05, 0.1) is 0 Å². The third-order valence-electron chi connectivity index (χ3n) is 5.83. The van der Waals surface area contributed by atoms with Crippen molar-refractivity contribution in [2.75, 3.05) is 37.4 Å². The number of nitrogens with zero attached hydrogens (tertiary/aromatic N) is 5. The lowest BCUT2D eigenvalue weighted by molar-refractivity contribution is 0.315. The average molecular weight is 390 g/mol. The maximum Gasteiger partial charge on any atom is 0.163 e. The molecule has 0 amide bonds. The van der Waals surface area contributed by atoms with Gasteiger partial charge in [-0.3, -0.25) is 5.10 Å². The van der Waals surface area contributed by atoms with Gasteiger partial charge in [-0.15, -0.1) is 0 Å². The van der Waals surface area contributed by atoms with Crippen molar-refractivity contribution in [3.8, 4) is 11.4 Å². The lowest BCUT2D eigenvalue weighted by atomic mass is 10.2. The zero-order chi connectivity index (χ0) is 19.8. The van der Waals surface area contributed by atoms with Gasteiger partial charge in [0.15, 0.2) is 11.6 Å². The van der Waals surface area contributed by atoms with E-state index in [4.69, 9.17) is 9.97 Å². The first-order chi connectivity index (χ1) is 14.2. The zero-order valence-electron chi connectivity index (χ0n) is 17.0. The molecule has 0 unspecified atom stereocenters. The summed E-state index contributed by atoms with van der Waals surface area (Å²) in [6.45, 7) is 1.98. The summed E-state index contributed by atoms with van der Waals surface area (Å²) < 4.78 is 0. The van der Waals surface area contributed by atoms with Gasteiger partial charge in [0.1, 0.15) is 11.6 Å². The Labute approximate surface area is 171 Å². The molecule has 2 aromatic heterocycles. The molecule has 1 atom stereocenters. The Morgan fingerprint density at radius 3 is 2.59 bits per heavy atom.